The molecule has 2 saturated carbocycles. The normalized spacial score (nSPS) is 27.9. The number of aromatic nitrogens is 2. The van der Waals surface area contributed by atoms with Gasteiger partial charge >= 0.3 is 0 Å². The Labute approximate surface area is 168 Å². The van der Waals surface area contributed by atoms with Gasteiger partial charge in [0.1, 0.15) is 0 Å². The minimum Gasteiger partial charge on any atom is -0.348 e. The zero-order chi connectivity index (χ0) is 20.0. The lowest BCUT2D eigenvalue weighted by Crippen LogP contribution is -2.38. The van der Waals surface area contributed by atoms with Crippen molar-refractivity contribution in [3.63, 3.8) is 0 Å². The number of rotatable bonds is 8. The molecule has 8 heteroatoms. The highest BCUT2D eigenvalue weighted by molar-refractivity contribution is 5.92. The number of carbonyl (C=O) groups excluding carboxylic acids is 2. The van der Waals surface area contributed by atoms with Crippen LogP contribution in [0.5, 0.6) is 0 Å². The van der Waals surface area contributed by atoms with E-state index in [1.54, 1.807) is 5.48 Å². The number of hydrogen-bond acceptors (Lipinski definition) is 6. The summed E-state index contributed by atoms with van der Waals surface area (Å²) >= 11 is 0. The van der Waals surface area contributed by atoms with E-state index >= 15 is 0 Å². The number of hydroxylamine groups is 1. The molecule has 1 aromatic carbocycles. The summed E-state index contributed by atoms with van der Waals surface area (Å²) in [5.41, 5.74) is 3.00. The Balaban J connectivity index is 1.10. The highest BCUT2D eigenvalue weighted by atomic mass is 16.5. The standard InChI is InChI=1S/C21H23N5O3/c27-16(9-5-4-8-13-6-2-1-3-7-13)24-21-15-12-26(18(21)17(15)21)20-22-10-14(11-23-20)19(28)25-29/h1-3,6-7,10-11,15,17-18,29H,4-5,8-9,12H2,(H,24,27)(H,25,28). The largest absolute Gasteiger partial charge is 0.348 e. The number of nitrogens with zero attached hydrogens (tertiary/aromatic N) is 3. The van der Waals surface area contributed by atoms with E-state index in [0.29, 0.717) is 24.2 Å². The Kier molecular flexibility index (Phi) is 4.24. The van der Waals surface area contributed by atoms with Gasteiger partial charge in [-0.3, -0.25) is 14.8 Å². The Morgan fingerprint density at radius 2 is 1.93 bits per heavy atom. The molecule has 0 spiro atoms. The van der Waals surface area contributed by atoms with E-state index in [4.69, 9.17) is 5.21 Å². The maximum absolute atomic E-state index is 12.4. The molecule has 2 amide bonds. The molecule has 3 N–H and O–H groups in total. The van der Waals surface area contributed by atoms with E-state index < -0.39 is 5.91 Å². The molecule has 1 aromatic heterocycles. The molecule has 0 radical (unpaired) electrons. The molecule has 3 heterocycles. The van der Waals surface area contributed by atoms with Crippen molar-refractivity contribution in [1.29, 1.82) is 0 Å². The van der Waals surface area contributed by atoms with Crippen LogP contribution in [0.4, 0.5) is 5.95 Å². The van der Waals surface area contributed by atoms with E-state index in [-0.39, 0.29) is 23.1 Å². The smallest absolute Gasteiger partial charge is 0.277 e. The number of anilines is 1. The number of piperidine rings is 1. The molecular formula is C21H23N5O3. The van der Waals surface area contributed by atoms with Crippen LogP contribution in [0.3, 0.4) is 0 Å². The highest BCUT2D eigenvalue weighted by Gasteiger charge is 2.93. The fourth-order valence-electron chi connectivity index (χ4n) is 4.96. The molecule has 2 bridgehead atoms. The second kappa shape index (κ2) is 6.81. The highest BCUT2D eigenvalue weighted by Crippen LogP contribution is 2.78. The van der Waals surface area contributed by atoms with Gasteiger partial charge in [0, 0.05) is 37.2 Å². The van der Waals surface area contributed by atoms with Gasteiger partial charge in [0.25, 0.3) is 5.91 Å². The minimum atomic E-state index is -0.635. The van der Waals surface area contributed by atoms with Crippen molar-refractivity contribution >= 4 is 17.8 Å². The molecule has 6 rings (SSSR count). The second-order valence-electron chi connectivity index (χ2n) is 8.12. The number of benzene rings is 1. The van der Waals surface area contributed by atoms with Crippen LogP contribution in [0.25, 0.3) is 0 Å². The molecule has 4 atom stereocenters. The lowest BCUT2D eigenvalue weighted by molar-refractivity contribution is -0.121. The summed E-state index contributed by atoms with van der Waals surface area (Å²) in [5.74, 6) is 1.03. The number of aryl methyl sites for hydroxylation is 1. The van der Waals surface area contributed by atoms with Gasteiger partial charge in [-0.1, -0.05) is 30.3 Å². The zero-order valence-corrected chi connectivity index (χ0v) is 15.9. The average molecular weight is 393 g/mol. The zero-order valence-electron chi connectivity index (χ0n) is 15.9. The second-order valence-corrected chi connectivity index (χ2v) is 8.12. The molecule has 8 nitrogen and oxygen atoms in total. The SMILES string of the molecule is O=C(CCCCc1ccccc1)NC12C3CN(c4ncc(C(=O)NO)cn4)C1C32. The number of nitrogens with one attached hydrogen (secondary N) is 2. The topological polar surface area (TPSA) is 107 Å². The van der Waals surface area contributed by atoms with Gasteiger partial charge in [-0.05, 0) is 24.8 Å². The van der Waals surface area contributed by atoms with E-state index in [2.05, 4.69) is 32.3 Å². The van der Waals surface area contributed by atoms with Gasteiger partial charge in [0.15, 0.2) is 0 Å². The van der Waals surface area contributed by atoms with Gasteiger partial charge in [0.2, 0.25) is 11.9 Å². The Hall–Kier alpha value is -3.00. The first kappa shape index (κ1) is 18.1. The Bertz CT molecular complexity index is 929. The third-order valence-corrected chi connectivity index (χ3v) is 6.52. The van der Waals surface area contributed by atoms with Gasteiger partial charge in [-0.2, -0.15) is 0 Å². The van der Waals surface area contributed by atoms with E-state index in [1.807, 2.05) is 18.2 Å². The van der Waals surface area contributed by atoms with Crippen molar-refractivity contribution in [3.05, 3.63) is 53.9 Å². The molecule has 4 aliphatic rings. The minimum absolute atomic E-state index is 0.0823. The monoisotopic (exact) mass is 393 g/mol. The maximum atomic E-state index is 12.4. The molecule has 150 valence electrons. The van der Waals surface area contributed by atoms with Crippen LogP contribution in [0.15, 0.2) is 42.7 Å². The number of carbonyl (C=O) groups is 2. The molecular weight excluding hydrogens is 370 g/mol. The third kappa shape index (κ3) is 2.95. The van der Waals surface area contributed by atoms with Crippen molar-refractivity contribution in [2.75, 3.05) is 11.4 Å². The molecule has 2 aliphatic heterocycles. The van der Waals surface area contributed by atoms with Crippen LogP contribution >= 0.6 is 0 Å². The van der Waals surface area contributed by atoms with E-state index in [1.165, 1.54) is 18.0 Å². The van der Waals surface area contributed by atoms with Gasteiger partial charge in [0.05, 0.1) is 17.1 Å². The number of hydrogen-bond donors (Lipinski definition) is 3. The van der Waals surface area contributed by atoms with Crippen LogP contribution in [0, 0.1) is 11.8 Å². The number of fused-ring (bicyclic) bond motifs is 1. The van der Waals surface area contributed by atoms with Crippen molar-refractivity contribution in [2.24, 2.45) is 11.8 Å². The summed E-state index contributed by atoms with van der Waals surface area (Å²) in [6, 6.07) is 10.6. The third-order valence-electron chi connectivity index (χ3n) is 6.52. The van der Waals surface area contributed by atoms with Crippen LogP contribution < -0.4 is 15.7 Å². The van der Waals surface area contributed by atoms with Crippen molar-refractivity contribution in [2.45, 2.75) is 37.3 Å². The Morgan fingerprint density at radius 3 is 2.62 bits per heavy atom. The lowest BCUT2D eigenvalue weighted by atomic mass is 10.1. The van der Waals surface area contributed by atoms with Crippen LogP contribution in [-0.4, -0.2) is 45.1 Å². The molecule has 2 aliphatic carbocycles. The summed E-state index contributed by atoms with van der Waals surface area (Å²) in [4.78, 5) is 34.4. The number of unbranched alkanes of at least 4 members (excludes halogenated alkanes) is 1. The summed E-state index contributed by atoms with van der Waals surface area (Å²) in [6.07, 6.45) is 6.26. The average Bonchev–Trinajstić information content (AvgIpc) is 3.43. The molecule has 4 fully saturated rings. The van der Waals surface area contributed by atoms with Crippen molar-refractivity contribution < 1.29 is 14.8 Å². The summed E-state index contributed by atoms with van der Waals surface area (Å²) in [6.45, 7) is 0.829. The Morgan fingerprint density at radius 1 is 1.17 bits per heavy atom. The van der Waals surface area contributed by atoms with Crippen molar-refractivity contribution in [3.8, 4) is 0 Å². The summed E-state index contributed by atoms with van der Waals surface area (Å²) in [7, 11) is 0. The quantitative estimate of drug-likeness (QED) is 0.355. The first-order chi connectivity index (χ1) is 14.1. The predicted molar refractivity (Wildman–Crippen MR) is 104 cm³/mol. The molecule has 29 heavy (non-hydrogen) atoms. The fourth-order valence-corrected chi connectivity index (χ4v) is 4.96. The van der Waals surface area contributed by atoms with Crippen LogP contribution in [0.1, 0.15) is 35.2 Å². The number of amides is 2. The maximum Gasteiger partial charge on any atom is 0.277 e. The van der Waals surface area contributed by atoms with E-state index in [0.717, 1.165) is 25.8 Å². The first-order valence-electron chi connectivity index (χ1n) is 10.0. The van der Waals surface area contributed by atoms with Gasteiger partial charge in [-0.15, -0.1) is 0 Å². The van der Waals surface area contributed by atoms with Crippen LogP contribution in [0.2, 0.25) is 0 Å². The van der Waals surface area contributed by atoms with Crippen molar-refractivity contribution in [1.82, 2.24) is 20.8 Å². The first-order valence-corrected chi connectivity index (χ1v) is 10.0. The lowest BCUT2D eigenvalue weighted by Gasteiger charge is -2.17. The molecule has 2 saturated heterocycles. The molecule has 4 unspecified atom stereocenters. The fraction of sp³-hybridized carbons (Fsp3) is 0.429. The van der Waals surface area contributed by atoms with Gasteiger partial charge in [-0.25, -0.2) is 15.4 Å². The van der Waals surface area contributed by atoms with Crippen LogP contribution in [-0.2, 0) is 11.2 Å². The van der Waals surface area contributed by atoms with Gasteiger partial charge < -0.3 is 10.2 Å². The predicted octanol–water partition coefficient (Wildman–Crippen LogP) is 1.31. The molecule has 2 aromatic rings. The summed E-state index contributed by atoms with van der Waals surface area (Å²) < 4.78 is 0. The summed E-state index contributed by atoms with van der Waals surface area (Å²) in [5, 5.41) is 11.9. The van der Waals surface area contributed by atoms with E-state index in [9.17, 15) is 9.59 Å².